The number of aliphatic hydroxyl groups excluding tert-OH is 2. The maximum Gasteiger partial charge on any atom is 0.416 e. The minimum absolute atomic E-state index is 0.0329. The smallest absolute Gasteiger partial charge is 0.416 e. The number of aliphatic hydroxyl groups is 2. The van der Waals surface area contributed by atoms with Crippen molar-refractivity contribution < 1.29 is 28.1 Å². The molecule has 7 heteroatoms. The van der Waals surface area contributed by atoms with Gasteiger partial charge in [-0.3, -0.25) is 0 Å². The Balaban J connectivity index is 2.77. The van der Waals surface area contributed by atoms with Crippen molar-refractivity contribution in [3.05, 3.63) is 23.8 Å². The van der Waals surface area contributed by atoms with E-state index in [0.717, 1.165) is 18.2 Å². The lowest BCUT2D eigenvalue weighted by molar-refractivity contribution is -0.137. The van der Waals surface area contributed by atoms with Gasteiger partial charge in [0.05, 0.1) is 17.9 Å². The monoisotopic (exact) mass is 251 g/mol. The van der Waals surface area contributed by atoms with Crippen LogP contribution < -0.4 is 10.5 Å². The highest BCUT2D eigenvalue weighted by molar-refractivity contribution is 5.54. The Labute approximate surface area is 95.4 Å². The first-order valence-corrected chi connectivity index (χ1v) is 4.73. The predicted molar refractivity (Wildman–Crippen MR) is 54.4 cm³/mol. The van der Waals surface area contributed by atoms with Gasteiger partial charge in [-0.15, -0.1) is 0 Å². The second kappa shape index (κ2) is 5.24. The highest BCUT2D eigenvalue weighted by Gasteiger charge is 2.30. The second-order valence-electron chi connectivity index (χ2n) is 3.40. The van der Waals surface area contributed by atoms with E-state index in [1.165, 1.54) is 0 Å². The molecule has 1 atom stereocenters. The molecule has 96 valence electrons. The third-order valence-corrected chi connectivity index (χ3v) is 1.98. The standard InChI is InChI=1S/C10H12F3NO3/c11-10(12,13)6-1-2-9(8(14)3-6)17-5-7(16)4-15/h1-3,7,15-16H,4-5,14H2. The molecule has 17 heavy (non-hydrogen) atoms. The number of benzene rings is 1. The van der Waals surface area contributed by atoms with Gasteiger partial charge in [0.25, 0.3) is 0 Å². The largest absolute Gasteiger partial charge is 0.489 e. The van der Waals surface area contributed by atoms with Gasteiger partial charge in [-0.25, -0.2) is 0 Å². The van der Waals surface area contributed by atoms with Gasteiger partial charge in [-0.2, -0.15) is 13.2 Å². The fourth-order valence-electron chi connectivity index (χ4n) is 1.09. The van der Waals surface area contributed by atoms with Crippen LogP contribution in [-0.4, -0.2) is 29.5 Å². The van der Waals surface area contributed by atoms with Gasteiger partial charge >= 0.3 is 6.18 Å². The van der Waals surface area contributed by atoms with E-state index in [4.69, 9.17) is 20.7 Å². The van der Waals surface area contributed by atoms with Crippen LogP contribution in [0.25, 0.3) is 0 Å². The average molecular weight is 251 g/mol. The predicted octanol–water partition coefficient (Wildman–Crippen LogP) is 1.02. The van der Waals surface area contributed by atoms with E-state index in [-0.39, 0.29) is 18.0 Å². The van der Waals surface area contributed by atoms with E-state index in [1.54, 1.807) is 0 Å². The first-order valence-electron chi connectivity index (χ1n) is 4.73. The van der Waals surface area contributed by atoms with Crippen LogP contribution in [0.4, 0.5) is 18.9 Å². The molecule has 0 aliphatic heterocycles. The summed E-state index contributed by atoms with van der Waals surface area (Å²) in [5.74, 6) is 0.0329. The van der Waals surface area contributed by atoms with Crippen molar-refractivity contribution in [2.75, 3.05) is 18.9 Å². The van der Waals surface area contributed by atoms with Gasteiger partial charge < -0.3 is 20.7 Å². The Bertz CT molecular complexity index is 382. The normalized spacial score (nSPS) is 13.5. The minimum atomic E-state index is -4.46. The van der Waals surface area contributed by atoms with Crippen LogP contribution in [0.2, 0.25) is 0 Å². The quantitative estimate of drug-likeness (QED) is 0.698. The fraction of sp³-hybridized carbons (Fsp3) is 0.400. The first-order chi connectivity index (χ1) is 7.84. The van der Waals surface area contributed by atoms with Gasteiger partial charge in [0.15, 0.2) is 0 Å². The molecule has 0 aliphatic rings. The lowest BCUT2D eigenvalue weighted by atomic mass is 10.2. The SMILES string of the molecule is Nc1cc(C(F)(F)F)ccc1OCC(O)CO. The topological polar surface area (TPSA) is 75.7 Å². The van der Waals surface area contributed by atoms with Crippen molar-refractivity contribution in [3.63, 3.8) is 0 Å². The van der Waals surface area contributed by atoms with E-state index in [9.17, 15) is 13.2 Å². The number of anilines is 1. The van der Waals surface area contributed by atoms with Crippen molar-refractivity contribution >= 4 is 5.69 Å². The number of ether oxygens (including phenoxy) is 1. The summed E-state index contributed by atoms with van der Waals surface area (Å²) in [6.07, 6.45) is -5.56. The summed E-state index contributed by atoms with van der Waals surface area (Å²) in [6.45, 7) is -0.743. The van der Waals surface area contributed by atoms with Crippen LogP contribution in [0.5, 0.6) is 5.75 Å². The molecule has 0 heterocycles. The van der Waals surface area contributed by atoms with Crippen LogP contribution in [0.3, 0.4) is 0 Å². The molecular weight excluding hydrogens is 239 g/mol. The summed E-state index contributed by atoms with van der Waals surface area (Å²) in [5.41, 5.74) is 4.33. The van der Waals surface area contributed by atoms with Gasteiger partial charge in [0.2, 0.25) is 0 Å². The Morgan fingerprint density at radius 2 is 2.00 bits per heavy atom. The van der Waals surface area contributed by atoms with E-state index < -0.39 is 24.5 Å². The number of nitrogens with two attached hydrogens (primary N) is 1. The molecule has 1 aromatic carbocycles. The van der Waals surface area contributed by atoms with Gasteiger partial charge in [0, 0.05) is 0 Å². The molecule has 1 unspecified atom stereocenters. The summed E-state index contributed by atoms with van der Waals surface area (Å²) < 4.78 is 41.9. The molecule has 0 saturated carbocycles. The van der Waals surface area contributed by atoms with Crippen LogP contribution in [0.15, 0.2) is 18.2 Å². The van der Waals surface area contributed by atoms with Crippen molar-refractivity contribution in [1.29, 1.82) is 0 Å². The van der Waals surface area contributed by atoms with Crippen LogP contribution in [0.1, 0.15) is 5.56 Å². The summed E-state index contributed by atoms with van der Waals surface area (Å²) in [6, 6.07) is 2.65. The van der Waals surface area contributed by atoms with Gasteiger partial charge in [0.1, 0.15) is 18.5 Å². The molecule has 0 aliphatic carbocycles. The molecular formula is C10H12F3NO3. The number of nitrogen functional groups attached to an aromatic ring is 1. The number of hydrogen-bond acceptors (Lipinski definition) is 4. The van der Waals surface area contributed by atoms with E-state index >= 15 is 0 Å². The molecule has 4 N–H and O–H groups in total. The van der Waals surface area contributed by atoms with Gasteiger partial charge in [-0.1, -0.05) is 0 Å². The molecule has 1 aromatic rings. The molecule has 0 radical (unpaired) electrons. The number of alkyl halides is 3. The third kappa shape index (κ3) is 3.79. The maximum atomic E-state index is 12.3. The lowest BCUT2D eigenvalue weighted by Crippen LogP contribution is -2.21. The summed E-state index contributed by atoms with van der Waals surface area (Å²) >= 11 is 0. The molecule has 0 saturated heterocycles. The molecule has 0 bridgehead atoms. The number of hydrogen-bond donors (Lipinski definition) is 3. The van der Waals surface area contributed by atoms with E-state index in [0.29, 0.717) is 0 Å². The zero-order chi connectivity index (χ0) is 13.1. The van der Waals surface area contributed by atoms with Crippen molar-refractivity contribution in [1.82, 2.24) is 0 Å². The molecule has 0 amide bonds. The fourth-order valence-corrected chi connectivity index (χ4v) is 1.09. The Kier molecular flexibility index (Phi) is 4.19. The van der Waals surface area contributed by atoms with Crippen LogP contribution in [0, 0.1) is 0 Å². The zero-order valence-corrected chi connectivity index (χ0v) is 8.74. The lowest BCUT2D eigenvalue weighted by Gasteiger charge is -2.13. The summed E-state index contributed by atoms with van der Waals surface area (Å²) in [5, 5.41) is 17.5. The highest BCUT2D eigenvalue weighted by Crippen LogP contribution is 2.33. The number of halogens is 3. The Hall–Kier alpha value is -1.47. The number of rotatable bonds is 4. The Morgan fingerprint density at radius 3 is 2.47 bits per heavy atom. The second-order valence-corrected chi connectivity index (χ2v) is 3.40. The first kappa shape index (κ1) is 13.6. The highest BCUT2D eigenvalue weighted by atomic mass is 19.4. The van der Waals surface area contributed by atoms with Crippen LogP contribution >= 0.6 is 0 Å². The van der Waals surface area contributed by atoms with E-state index in [2.05, 4.69) is 0 Å². The average Bonchev–Trinajstić information content (AvgIpc) is 2.25. The zero-order valence-electron chi connectivity index (χ0n) is 8.74. The van der Waals surface area contributed by atoms with Gasteiger partial charge in [-0.05, 0) is 18.2 Å². The maximum absolute atomic E-state index is 12.3. The molecule has 0 aromatic heterocycles. The van der Waals surface area contributed by atoms with Crippen molar-refractivity contribution in [2.45, 2.75) is 12.3 Å². The summed E-state index contributed by atoms with van der Waals surface area (Å²) in [7, 11) is 0. The molecule has 4 nitrogen and oxygen atoms in total. The third-order valence-electron chi connectivity index (χ3n) is 1.98. The van der Waals surface area contributed by atoms with Crippen molar-refractivity contribution in [2.24, 2.45) is 0 Å². The molecule has 0 fully saturated rings. The Morgan fingerprint density at radius 1 is 1.35 bits per heavy atom. The van der Waals surface area contributed by atoms with Crippen molar-refractivity contribution in [3.8, 4) is 5.75 Å². The molecule has 1 rings (SSSR count). The van der Waals surface area contributed by atoms with E-state index in [1.807, 2.05) is 0 Å². The molecule has 0 spiro atoms. The van der Waals surface area contributed by atoms with Crippen LogP contribution in [-0.2, 0) is 6.18 Å². The summed E-state index contributed by atoms with van der Waals surface area (Å²) in [4.78, 5) is 0. The minimum Gasteiger partial charge on any atom is -0.489 e.